The highest BCUT2D eigenvalue weighted by atomic mass is 35.5. The average Bonchev–Trinajstić information content (AvgIpc) is 2.37. The Morgan fingerprint density at radius 3 is 2.14 bits per heavy atom. The smallest absolute Gasteiger partial charge is 0.260 e. The van der Waals surface area contributed by atoms with E-state index < -0.39 is 20.7 Å². The number of rotatable bonds is 4. The molecule has 0 heterocycles. The van der Waals surface area contributed by atoms with E-state index in [-0.39, 0.29) is 15.7 Å². The first-order valence-electron chi connectivity index (χ1n) is 5.48. The topological polar surface area (TPSA) is 58.2 Å². The van der Waals surface area contributed by atoms with Crippen LogP contribution in [0.25, 0.3) is 0 Å². The van der Waals surface area contributed by atoms with Crippen LogP contribution in [0.1, 0.15) is 0 Å². The molecule has 0 aliphatic heterocycles. The summed E-state index contributed by atoms with van der Waals surface area (Å²) in [5, 5.41) is 0.528. The average molecular weight is 370 g/mol. The van der Waals surface area contributed by atoms with Gasteiger partial charge in [0.2, 0.25) is 0 Å². The second-order valence-corrected chi connectivity index (χ2v) is 6.81. The van der Waals surface area contributed by atoms with E-state index in [1.807, 2.05) is 4.83 Å². The van der Waals surface area contributed by atoms with Gasteiger partial charge in [-0.25, -0.2) is 12.8 Å². The minimum Gasteiger partial charge on any atom is -0.305 e. The highest BCUT2D eigenvalue weighted by molar-refractivity contribution is 7.89. The Kier molecular flexibility index (Phi) is 4.95. The normalized spacial score (nSPS) is 11.4. The molecule has 2 aromatic rings. The first-order valence-corrected chi connectivity index (χ1v) is 8.10. The molecule has 0 spiro atoms. The summed E-state index contributed by atoms with van der Waals surface area (Å²) >= 11 is 17.5. The summed E-state index contributed by atoms with van der Waals surface area (Å²) < 4.78 is 37.5. The van der Waals surface area contributed by atoms with E-state index in [4.69, 9.17) is 34.8 Å². The van der Waals surface area contributed by atoms with E-state index in [0.717, 1.165) is 12.1 Å². The molecule has 112 valence electrons. The van der Waals surface area contributed by atoms with Crippen molar-refractivity contribution in [2.75, 3.05) is 5.43 Å². The molecule has 4 nitrogen and oxygen atoms in total. The lowest BCUT2D eigenvalue weighted by atomic mass is 10.3. The maximum atomic E-state index is 13.5. The van der Waals surface area contributed by atoms with Crippen LogP contribution in [-0.2, 0) is 10.0 Å². The Morgan fingerprint density at radius 2 is 1.57 bits per heavy atom. The van der Waals surface area contributed by atoms with Crippen LogP contribution in [0.2, 0.25) is 15.1 Å². The lowest BCUT2D eigenvalue weighted by molar-refractivity contribution is 0.561. The number of hydrogen-bond donors (Lipinski definition) is 2. The highest BCUT2D eigenvalue weighted by Gasteiger charge is 2.19. The lowest BCUT2D eigenvalue weighted by Gasteiger charge is -2.12. The molecule has 2 rings (SSSR count). The molecule has 0 aliphatic carbocycles. The number of hydrogen-bond acceptors (Lipinski definition) is 3. The molecule has 21 heavy (non-hydrogen) atoms. The van der Waals surface area contributed by atoms with Gasteiger partial charge in [0.25, 0.3) is 10.0 Å². The predicted molar refractivity (Wildman–Crippen MR) is 81.8 cm³/mol. The second-order valence-electron chi connectivity index (χ2n) is 3.91. The van der Waals surface area contributed by atoms with Gasteiger partial charge in [0.15, 0.2) is 0 Å². The first-order chi connectivity index (χ1) is 9.81. The summed E-state index contributed by atoms with van der Waals surface area (Å²) in [5.74, 6) is -0.875. The van der Waals surface area contributed by atoms with Crippen LogP contribution in [0.3, 0.4) is 0 Å². The van der Waals surface area contributed by atoms with E-state index in [1.54, 1.807) is 0 Å². The third-order valence-electron chi connectivity index (χ3n) is 2.44. The summed E-state index contributed by atoms with van der Waals surface area (Å²) in [7, 11) is -4.12. The Balaban J connectivity index is 2.26. The molecule has 0 unspecified atom stereocenters. The Morgan fingerprint density at radius 1 is 1.00 bits per heavy atom. The van der Waals surface area contributed by atoms with Crippen LogP contribution < -0.4 is 10.3 Å². The minimum atomic E-state index is -4.12. The molecule has 0 bridgehead atoms. The lowest BCUT2D eigenvalue weighted by Crippen LogP contribution is -2.30. The van der Waals surface area contributed by atoms with Gasteiger partial charge in [-0.3, -0.25) is 0 Å². The van der Waals surface area contributed by atoms with Gasteiger partial charge in [-0.15, -0.1) is 4.83 Å². The molecule has 9 heteroatoms. The second kappa shape index (κ2) is 6.37. The van der Waals surface area contributed by atoms with Crippen molar-refractivity contribution in [1.82, 2.24) is 4.83 Å². The molecule has 2 N–H and O–H groups in total. The molecule has 0 aromatic heterocycles. The zero-order valence-electron chi connectivity index (χ0n) is 10.2. The van der Waals surface area contributed by atoms with E-state index in [0.29, 0.717) is 5.02 Å². The fourth-order valence-corrected chi connectivity index (χ4v) is 3.34. The van der Waals surface area contributed by atoms with Crippen LogP contribution in [0.5, 0.6) is 0 Å². The van der Waals surface area contributed by atoms with E-state index in [9.17, 15) is 12.8 Å². The minimum absolute atomic E-state index is 0.114. The van der Waals surface area contributed by atoms with E-state index >= 15 is 0 Å². The maximum absolute atomic E-state index is 13.5. The van der Waals surface area contributed by atoms with Gasteiger partial charge < -0.3 is 5.43 Å². The number of sulfonamides is 1. The fourth-order valence-electron chi connectivity index (χ4n) is 1.50. The molecule has 0 amide bonds. The Bertz CT molecular complexity index is 761. The largest absolute Gasteiger partial charge is 0.305 e. The fraction of sp³-hybridized carbons (Fsp3) is 0. The van der Waals surface area contributed by atoms with Crippen molar-refractivity contribution in [2.24, 2.45) is 0 Å². The highest BCUT2D eigenvalue weighted by Crippen LogP contribution is 2.33. The summed E-state index contributed by atoms with van der Waals surface area (Å²) in [6, 6.07) is 7.72. The van der Waals surface area contributed by atoms with E-state index in [2.05, 4.69) is 5.43 Å². The summed E-state index contributed by atoms with van der Waals surface area (Å²) in [6.45, 7) is 0. The molecule has 2 aromatic carbocycles. The standard InChI is InChI=1S/C12H8Cl3FN2O2S/c13-7-5-8(14)12(9(15)6-7)17-18-21(19,20)11-4-2-1-3-10(11)16/h1-6,17-18H. The third kappa shape index (κ3) is 3.78. The van der Waals surface area contributed by atoms with Gasteiger partial charge in [-0.05, 0) is 24.3 Å². The van der Waals surface area contributed by atoms with Gasteiger partial charge in [0.1, 0.15) is 10.7 Å². The number of anilines is 1. The first kappa shape index (κ1) is 16.3. The van der Waals surface area contributed by atoms with Crippen molar-refractivity contribution in [3.63, 3.8) is 0 Å². The number of hydrazine groups is 1. The third-order valence-corrected chi connectivity index (χ3v) is 4.54. The summed E-state index contributed by atoms with van der Waals surface area (Å²) in [5.41, 5.74) is 2.46. The van der Waals surface area contributed by atoms with Crippen LogP contribution in [0.4, 0.5) is 10.1 Å². The molecular formula is C12H8Cl3FN2O2S. The number of benzene rings is 2. The van der Waals surface area contributed by atoms with Crippen molar-refractivity contribution in [3.8, 4) is 0 Å². The van der Waals surface area contributed by atoms with Crippen molar-refractivity contribution in [1.29, 1.82) is 0 Å². The van der Waals surface area contributed by atoms with Gasteiger partial charge in [-0.2, -0.15) is 0 Å². The summed E-state index contributed by atoms with van der Waals surface area (Å²) in [6.07, 6.45) is 0. The van der Waals surface area contributed by atoms with Crippen LogP contribution >= 0.6 is 34.8 Å². The zero-order valence-corrected chi connectivity index (χ0v) is 13.3. The summed E-state index contributed by atoms with van der Waals surface area (Å²) in [4.78, 5) is 1.50. The molecule has 0 atom stereocenters. The SMILES string of the molecule is O=S(=O)(NNc1c(Cl)cc(Cl)cc1Cl)c1ccccc1F. The Labute approximate surface area is 135 Å². The van der Waals surface area contributed by atoms with Gasteiger partial charge in [0.05, 0.1) is 15.7 Å². The molecular weight excluding hydrogens is 362 g/mol. The van der Waals surface area contributed by atoms with Crippen LogP contribution in [0.15, 0.2) is 41.3 Å². The quantitative estimate of drug-likeness (QED) is 0.798. The van der Waals surface area contributed by atoms with Crippen molar-refractivity contribution >= 4 is 50.5 Å². The van der Waals surface area contributed by atoms with Gasteiger partial charge in [0, 0.05) is 5.02 Å². The Hall–Kier alpha value is -1.05. The molecule has 0 aliphatic rings. The van der Waals surface area contributed by atoms with Crippen LogP contribution in [0, 0.1) is 5.82 Å². The van der Waals surface area contributed by atoms with Gasteiger partial charge >= 0.3 is 0 Å². The maximum Gasteiger partial charge on any atom is 0.260 e. The molecule has 0 fully saturated rings. The van der Waals surface area contributed by atoms with Crippen molar-refractivity contribution in [3.05, 3.63) is 57.3 Å². The van der Waals surface area contributed by atoms with Crippen LogP contribution in [-0.4, -0.2) is 8.42 Å². The zero-order chi connectivity index (χ0) is 15.6. The van der Waals surface area contributed by atoms with E-state index in [1.165, 1.54) is 24.3 Å². The number of nitrogens with one attached hydrogen (secondary N) is 2. The predicted octanol–water partition coefficient (Wildman–Crippen LogP) is 4.09. The van der Waals surface area contributed by atoms with Crippen molar-refractivity contribution in [2.45, 2.75) is 4.90 Å². The molecule has 0 radical (unpaired) electrons. The monoisotopic (exact) mass is 368 g/mol. The van der Waals surface area contributed by atoms with Crippen molar-refractivity contribution < 1.29 is 12.8 Å². The van der Waals surface area contributed by atoms with Gasteiger partial charge in [-0.1, -0.05) is 46.9 Å². The molecule has 0 saturated heterocycles. The molecule has 0 saturated carbocycles. The number of halogens is 4.